The number of nitrogens with one attached hydrogen (secondary N) is 1. The number of hydrogen-bond acceptors (Lipinski definition) is 4. The van der Waals surface area contributed by atoms with Crippen molar-refractivity contribution in [2.75, 3.05) is 0 Å². The molecule has 72 valence electrons. The molecule has 13 heavy (non-hydrogen) atoms. The second-order valence-corrected chi connectivity index (χ2v) is 3.79. The van der Waals surface area contributed by atoms with Crippen LogP contribution in [0.4, 0.5) is 0 Å². The Hall–Kier alpha value is -0.910. The molecule has 0 radical (unpaired) electrons. The van der Waals surface area contributed by atoms with Crippen LogP contribution < -0.4 is 17.0 Å². The molecule has 1 amide bonds. The van der Waals surface area contributed by atoms with E-state index < -0.39 is 0 Å². The fourth-order valence-electron chi connectivity index (χ4n) is 1.12. The van der Waals surface area contributed by atoms with Crippen LogP contribution in [-0.4, -0.2) is 5.91 Å². The third kappa shape index (κ3) is 2.51. The van der Waals surface area contributed by atoms with Crippen molar-refractivity contribution in [3.05, 3.63) is 21.9 Å². The van der Waals surface area contributed by atoms with Gasteiger partial charge in [-0.1, -0.05) is 0 Å². The summed E-state index contributed by atoms with van der Waals surface area (Å²) in [5, 5.41) is 1.96. The van der Waals surface area contributed by atoms with Crippen molar-refractivity contribution in [2.24, 2.45) is 11.6 Å². The van der Waals surface area contributed by atoms with Crippen molar-refractivity contribution in [1.29, 1.82) is 0 Å². The number of rotatable bonds is 3. The first kappa shape index (κ1) is 10.2. The van der Waals surface area contributed by atoms with Gasteiger partial charge in [0, 0.05) is 17.3 Å². The largest absolute Gasteiger partial charge is 0.323 e. The Morgan fingerprint density at radius 3 is 2.92 bits per heavy atom. The molecule has 5 N–H and O–H groups in total. The van der Waals surface area contributed by atoms with E-state index in [2.05, 4.69) is 5.43 Å². The molecule has 0 bridgehead atoms. The minimum atomic E-state index is -0.247. The van der Waals surface area contributed by atoms with E-state index in [0.717, 1.165) is 10.4 Å². The van der Waals surface area contributed by atoms with Crippen LogP contribution in [0.2, 0.25) is 0 Å². The topological polar surface area (TPSA) is 81.1 Å². The smallest absolute Gasteiger partial charge is 0.235 e. The minimum absolute atomic E-state index is 0.234. The highest BCUT2D eigenvalue weighted by Crippen LogP contribution is 2.23. The molecule has 0 aliphatic heterocycles. The highest BCUT2D eigenvalue weighted by molar-refractivity contribution is 7.10. The summed E-state index contributed by atoms with van der Waals surface area (Å²) in [5.41, 5.74) is 9.00. The summed E-state index contributed by atoms with van der Waals surface area (Å²) in [7, 11) is 0. The van der Waals surface area contributed by atoms with Crippen molar-refractivity contribution in [2.45, 2.75) is 19.4 Å². The molecule has 1 atom stereocenters. The van der Waals surface area contributed by atoms with Gasteiger partial charge >= 0.3 is 0 Å². The fourth-order valence-corrected chi connectivity index (χ4v) is 2.05. The summed E-state index contributed by atoms with van der Waals surface area (Å²) in [5.74, 6) is 4.72. The number of thiophene rings is 1. The number of aryl methyl sites for hydroxylation is 1. The molecule has 1 heterocycles. The molecule has 0 spiro atoms. The third-order valence-corrected chi connectivity index (χ3v) is 2.96. The van der Waals surface area contributed by atoms with Crippen molar-refractivity contribution in [1.82, 2.24) is 5.43 Å². The van der Waals surface area contributed by atoms with Crippen LogP contribution in [0.5, 0.6) is 0 Å². The van der Waals surface area contributed by atoms with Crippen molar-refractivity contribution in [3.63, 3.8) is 0 Å². The second kappa shape index (κ2) is 4.36. The van der Waals surface area contributed by atoms with Crippen LogP contribution in [0.1, 0.15) is 22.9 Å². The third-order valence-electron chi connectivity index (χ3n) is 1.80. The molecule has 1 rings (SSSR count). The average Bonchev–Trinajstić information content (AvgIpc) is 2.51. The van der Waals surface area contributed by atoms with Crippen LogP contribution in [0.15, 0.2) is 11.4 Å². The molecular weight excluding hydrogens is 186 g/mol. The zero-order valence-electron chi connectivity index (χ0n) is 7.41. The van der Waals surface area contributed by atoms with Gasteiger partial charge in [-0.3, -0.25) is 10.2 Å². The molecule has 0 aliphatic carbocycles. The molecule has 1 aromatic heterocycles. The first-order chi connectivity index (χ1) is 6.15. The number of carbonyl (C=O) groups excluding carboxylic acids is 1. The second-order valence-electron chi connectivity index (χ2n) is 2.85. The van der Waals surface area contributed by atoms with Gasteiger partial charge in [-0.05, 0) is 23.9 Å². The monoisotopic (exact) mass is 199 g/mol. The zero-order valence-corrected chi connectivity index (χ0v) is 8.23. The SMILES string of the molecule is Cc1ccsc1C(N)CC(=O)NN. The fraction of sp³-hybridized carbons (Fsp3) is 0.375. The quantitative estimate of drug-likeness (QED) is 0.375. The van der Waals surface area contributed by atoms with Gasteiger partial charge in [0.2, 0.25) is 5.91 Å². The van der Waals surface area contributed by atoms with E-state index >= 15 is 0 Å². The normalized spacial score (nSPS) is 12.5. The van der Waals surface area contributed by atoms with E-state index in [-0.39, 0.29) is 18.4 Å². The molecule has 0 fully saturated rings. The Kier molecular flexibility index (Phi) is 3.41. The van der Waals surface area contributed by atoms with Gasteiger partial charge < -0.3 is 5.73 Å². The number of amides is 1. The summed E-state index contributed by atoms with van der Waals surface area (Å²) in [6.07, 6.45) is 0.234. The lowest BCUT2D eigenvalue weighted by Gasteiger charge is -2.09. The van der Waals surface area contributed by atoms with Gasteiger partial charge in [-0.2, -0.15) is 0 Å². The molecule has 5 heteroatoms. The maximum Gasteiger partial charge on any atom is 0.235 e. The lowest BCUT2D eigenvalue weighted by atomic mass is 10.1. The number of hydrazine groups is 1. The van der Waals surface area contributed by atoms with E-state index in [0.29, 0.717) is 0 Å². The van der Waals surface area contributed by atoms with Crippen molar-refractivity contribution >= 4 is 17.2 Å². The molecule has 1 aromatic rings. The van der Waals surface area contributed by atoms with Crippen LogP contribution >= 0.6 is 11.3 Å². The molecular formula is C8H13N3OS. The maximum atomic E-state index is 10.9. The molecule has 0 saturated carbocycles. The molecule has 0 saturated heterocycles. The predicted molar refractivity (Wildman–Crippen MR) is 52.9 cm³/mol. The number of hydrogen-bond donors (Lipinski definition) is 3. The molecule has 4 nitrogen and oxygen atoms in total. The Labute approximate surface area is 80.9 Å². The average molecular weight is 199 g/mol. The lowest BCUT2D eigenvalue weighted by Crippen LogP contribution is -2.32. The summed E-state index contributed by atoms with van der Waals surface area (Å²) < 4.78 is 0. The molecule has 1 unspecified atom stereocenters. The van der Waals surface area contributed by atoms with Gasteiger partial charge in [-0.25, -0.2) is 5.84 Å². The van der Waals surface area contributed by atoms with Crippen molar-refractivity contribution in [3.8, 4) is 0 Å². The van der Waals surface area contributed by atoms with Crippen LogP contribution in [-0.2, 0) is 4.79 Å². The van der Waals surface area contributed by atoms with Gasteiger partial charge in [0.15, 0.2) is 0 Å². The van der Waals surface area contributed by atoms with Gasteiger partial charge in [0.25, 0.3) is 0 Å². The van der Waals surface area contributed by atoms with Gasteiger partial charge in [-0.15, -0.1) is 11.3 Å². The van der Waals surface area contributed by atoms with Crippen LogP contribution in [0.3, 0.4) is 0 Å². The highest BCUT2D eigenvalue weighted by Gasteiger charge is 2.13. The zero-order chi connectivity index (χ0) is 9.84. The summed E-state index contributed by atoms with van der Waals surface area (Å²) in [4.78, 5) is 12.0. The molecule has 0 aliphatic rings. The van der Waals surface area contributed by atoms with Crippen LogP contribution in [0, 0.1) is 6.92 Å². The van der Waals surface area contributed by atoms with Crippen LogP contribution in [0.25, 0.3) is 0 Å². The lowest BCUT2D eigenvalue weighted by molar-refractivity contribution is -0.121. The number of nitrogens with two attached hydrogens (primary N) is 2. The van der Waals surface area contributed by atoms with E-state index in [9.17, 15) is 4.79 Å². The summed E-state index contributed by atoms with van der Waals surface area (Å²) in [6.45, 7) is 1.98. The minimum Gasteiger partial charge on any atom is -0.323 e. The first-order valence-corrected chi connectivity index (χ1v) is 4.82. The van der Waals surface area contributed by atoms with E-state index in [1.807, 2.05) is 18.4 Å². The summed E-state index contributed by atoms with van der Waals surface area (Å²) >= 11 is 1.56. The summed E-state index contributed by atoms with van der Waals surface area (Å²) in [6, 6.07) is 1.74. The van der Waals surface area contributed by atoms with Crippen molar-refractivity contribution < 1.29 is 4.79 Å². The van der Waals surface area contributed by atoms with E-state index in [4.69, 9.17) is 11.6 Å². The van der Waals surface area contributed by atoms with Gasteiger partial charge in [0.1, 0.15) is 0 Å². The first-order valence-electron chi connectivity index (χ1n) is 3.94. The van der Waals surface area contributed by atoms with Gasteiger partial charge in [0.05, 0.1) is 0 Å². The Morgan fingerprint density at radius 1 is 1.77 bits per heavy atom. The number of carbonyl (C=O) groups is 1. The van der Waals surface area contributed by atoms with E-state index in [1.54, 1.807) is 11.3 Å². The standard InChI is InChI=1S/C8H13N3OS/c1-5-2-3-13-8(5)6(9)4-7(12)11-10/h2-3,6H,4,9-10H2,1H3,(H,11,12). The molecule has 0 aromatic carbocycles. The maximum absolute atomic E-state index is 10.9. The highest BCUT2D eigenvalue weighted by atomic mass is 32.1. The van der Waals surface area contributed by atoms with E-state index in [1.165, 1.54) is 0 Å². The Morgan fingerprint density at radius 2 is 2.46 bits per heavy atom. The Balaban J connectivity index is 2.63. The Bertz CT molecular complexity index is 297. The predicted octanol–water partition coefficient (Wildman–Crippen LogP) is 0.436.